The van der Waals surface area contributed by atoms with Gasteiger partial charge in [0.1, 0.15) is 11.5 Å². The number of carbonyl (C=O) groups is 2. The van der Waals surface area contributed by atoms with Gasteiger partial charge in [0.05, 0.1) is 24.1 Å². The molecule has 1 heterocycles. The van der Waals surface area contributed by atoms with E-state index in [1.165, 1.54) is 12.1 Å². The van der Waals surface area contributed by atoms with Crippen LogP contribution in [0.15, 0.2) is 66.9 Å². The molecule has 0 saturated heterocycles. The van der Waals surface area contributed by atoms with Gasteiger partial charge in [-0.15, -0.1) is 0 Å². The smallest absolute Gasteiger partial charge is 0.338 e. The average molecular weight is 393 g/mol. The molecule has 3 rings (SSSR count). The largest absolute Gasteiger partial charge is 0.462 e. The molecule has 0 aliphatic carbocycles. The average Bonchev–Trinajstić information content (AvgIpc) is 2.74. The van der Waals surface area contributed by atoms with Crippen molar-refractivity contribution in [2.75, 3.05) is 11.9 Å². The van der Waals surface area contributed by atoms with Gasteiger partial charge in [-0.05, 0) is 61.0 Å². The molecule has 0 aliphatic heterocycles. The molecule has 7 heteroatoms. The van der Waals surface area contributed by atoms with E-state index in [1.807, 2.05) is 0 Å². The van der Waals surface area contributed by atoms with Crippen molar-refractivity contribution in [1.29, 1.82) is 0 Å². The zero-order valence-corrected chi connectivity index (χ0v) is 15.8. The first-order valence-corrected chi connectivity index (χ1v) is 9.08. The fourth-order valence-corrected chi connectivity index (χ4v) is 2.55. The van der Waals surface area contributed by atoms with E-state index < -0.39 is 0 Å². The summed E-state index contributed by atoms with van der Waals surface area (Å²) in [6.45, 7) is 2.37. The molecule has 0 atom stereocenters. The second kappa shape index (κ2) is 9.45. The molecule has 0 bridgehead atoms. The molecule has 1 amide bonds. The molecular formula is C22H20FN3O3. The molecule has 0 aliphatic rings. The third-order valence-electron chi connectivity index (χ3n) is 4.05. The predicted octanol–water partition coefficient (Wildman–Crippen LogP) is 4.07. The Balaban J connectivity index is 1.56. The van der Waals surface area contributed by atoms with Gasteiger partial charge in [-0.25, -0.2) is 14.2 Å². The Hall–Kier alpha value is -3.74. The molecule has 0 spiro atoms. The lowest BCUT2D eigenvalue weighted by atomic mass is 10.2. The van der Waals surface area contributed by atoms with Crippen LogP contribution in [-0.2, 0) is 11.3 Å². The van der Waals surface area contributed by atoms with Crippen LogP contribution in [0.3, 0.4) is 0 Å². The number of carbonyl (C=O) groups excluding carboxylic acids is 2. The van der Waals surface area contributed by atoms with E-state index in [1.54, 1.807) is 61.7 Å². The van der Waals surface area contributed by atoms with Gasteiger partial charge >= 0.3 is 5.97 Å². The number of rotatable bonds is 7. The minimum absolute atomic E-state index is 0.273. The van der Waals surface area contributed by atoms with Gasteiger partial charge in [-0.1, -0.05) is 12.1 Å². The van der Waals surface area contributed by atoms with Crippen LogP contribution in [0, 0.1) is 5.82 Å². The highest BCUT2D eigenvalue weighted by Crippen LogP contribution is 2.17. The number of nitrogens with zero attached hydrogens (tertiary/aromatic N) is 1. The van der Waals surface area contributed by atoms with E-state index >= 15 is 0 Å². The maximum absolute atomic E-state index is 12.9. The number of ether oxygens (including phenoxy) is 1. The summed E-state index contributed by atoms with van der Waals surface area (Å²) < 4.78 is 17.9. The topological polar surface area (TPSA) is 80.3 Å². The van der Waals surface area contributed by atoms with Crippen LogP contribution in [-0.4, -0.2) is 23.5 Å². The number of hydrogen-bond donors (Lipinski definition) is 2. The standard InChI is InChI=1S/C22H20FN3O3/c1-2-29-22(28)16-5-9-18(10-6-16)26-19-11-12-20(24-14-19)21(27)25-13-15-3-7-17(23)8-4-15/h3-12,14,26H,2,13H2,1H3,(H,25,27). The maximum atomic E-state index is 12.9. The minimum atomic E-state index is -0.364. The Morgan fingerprint density at radius 2 is 1.66 bits per heavy atom. The molecule has 3 aromatic rings. The van der Waals surface area contributed by atoms with E-state index in [0.29, 0.717) is 17.9 Å². The Bertz CT molecular complexity index is 972. The second-order valence-electron chi connectivity index (χ2n) is 6.16. The molecule has 0 unspecified atom stereocenters. The number of halogens is 1. The van der Waals surface area contributed by atoms with E-state index in [0.717, 1.165) is 11.3 Å². The van der Waals surface area contributed by atoms with Crippen LogP contribution in [0.5, 0.6) is 0 Å². The van der Waals surface area contributed by atoms with Crippen LogP contribution >= 0.6 is 0 Å². The van der Waals surface area contributed by atoms with Crippen LogP contribution in [0.4, 0.5) is 15.8 Å². The monoisotopic (exact) mass is 393 g/mol. The molecule has 2 N–H and O–H groups in total. The zero-order valence-electron chi connectivity index (χ0n) is 15.8. The first-order chi connectivity index (χ1) is 14.0. The third kappa shape index (κ3) is 5.62. The summed E-state index contributed by atoms with van der Waals surface area (Å²) in [5.74, 6) is -1.00. The summed E-state index contributed by atoms with van der Waals surface area (Å²) in [6.07, 6.45) is 1.55. The molecule has 0 fully saturated rings. The molecular weight excluding hydrogens is 373 g/mol. The lowest BCUT2D eigenvalue weighted by Crippen LogP contribution is -2.23. The number of pyridine rings is 1. The SMILES string of the molecule is CCOC(=O)c1ccc(Nc2ccc(C(=O)NCc3ccc(F)cc3)nc2)cc1. The van der Waals surface area contributed by atoms with Crippen molar-refractivity contribution < 1.29 is 18.7 Å². The number of amides is 1. The summed E-state index contributed by atoms with van der Waals surface area (Å²) >= 11 is 0. The number of nitrogens with one attached hydrogen (secondary N) is 2. The van der Waals surface area contributed by atoms with Gasteiger partial charge in [-0.2, -0.15) is 0 Å². The van der Waals surface area contributed by atoms with Gasteiger partial charge in [0, 0.05) is 12.2 Å². The Labute approximate surface area is 167 Å². The van der Waals surface area contributed by atoms with Crippen molar-refractivity contribution in [1.82, 2.24) is 10.3 Å². The quantitative estimate of drug-likeness (QED) is 0.592. The highest BCUT2D eigenvalue weighted by molar-refractivity contribution is 5.92. The van der Waals surface area contributed by atoms with Crippen molar-refractivity contribution in [3.63, 3.8) is 0 Å². The minimum Gasteiger partial charge on any atom is -0.462 e. The summed E-state index contributed by atoms with van der Waals surface area (Å²) in [7, 11) is 0. The molecule has 29 heavy (non-hydrogen) atoms. The predicted molar refractivity (Wildman–Crippen MR) is 107 cm³/mol. The van der Waals surface area contributed by atoms with Gasteiger partial charge in [0.2, 0.25) is 0 Å². The van der Waals surface area contributed by atoms with Crippen molar-refractivity contribution >= 4 is 23.3 Å². The first kappa shape index (κ1) is 20.0. The van der Waals surface area contributed by atoms with Gasteiger partial charge in [-0.3, -0.25) is 4.79 Å². The summed E-state index contributed by atoms with van der Waals surface area (Å²) in [5.41, 5.74) is 3.01. The maximum Gasteiger partial charge on any atom is 0.338 e. The number of hydrogen-bond acceptors (Lipinski definition) is 5. The van der Waals surface area contributed by atoms with Crippen molar-refractivity contribution in [3.05, 3.63) is 89.5 Å². The summed E-state index contributed by atoms with van der Waals surface area (Å²) in [5, 5.41) is 5.89. The molecule has 1 aromatic heterocycles. The molecule has 148 valence electrons. The van der Waals surface area contributed by atoms with E-state index in [9.17, 15) is 14.0 Å². The van der Waals surface area contributed by atoms with Crippen molar-refractivity contribution in [2.24, 2.45) is 0 Å². The Kier molecular flexibility index (Phi) is 6.52. The van der Waals surface area contributed by atoms with E-state index in [2.05, 4.69) is 15.6 Å². The van der Waals surface area contributed by atoms with Crippen molar-refractivity contribution in [3.8, 4) is 0 Å². The number of anilines is 2. The molecule has 2 aromatic carbocycles. The lowest BCUT2D eigenvalue weighted by Gasteiger charge is -2.09. The Morgan fingerprint density at radius 1 is 0.966 bits per heavy atom. The summed E-state index contributed by atoms with van der Waals surface area (Å²) in [6, 6.07) is 16.1. The fourth-order valence-electron chi connectivity index (χ4n) is 2.55. The van der Waals surface area contributed by atoms with E-state index in [4.69, 9.17) is 4.74 Å². The second-order valence-corrected chi connectivity index (χ2v) is 6.16. The van der Waals surface area contributed by atoms with Crippen LogP contribution in [0.1, 0.15) is 33.3 Å². The van der Waals surface area contributed by atoms with Gasteiger partial charge in [0.25, 0.3) is 5.91 Å². The number of esters is 1. The highest BCUT2D eigenvalue weighted by atomic mass is 19.1. The Morgan fingerprint density at radius 3 is 2.28 bits per heavy atom. The summed E-state index contributed by atoms with van der Waals surface area (Å²) in [4.78, 5) is 28.0. The lowest BCUT2D eigenvalue weighted by molar-refractivity contribution is 0.0526. The van der Waals surface area contributed by atoms with Gasteiger partial charge in [0.15, 0.2) is 0 Å². The van der Waals surface area contributed by atoms with Crippen molar-refractivity contribution in [2.45, 2.75) is 13.5 Å². The normalized spacial score (nSPS) is 10.3. The van der Waals surface area contributed by atoms with E-state index in [-0.39, 0.29) is 29.9 Å². The van der Waals surface area contributed by atoms with Crippen LogP contribution < -0.4 is 10.6 Å². The highest BCUT2D eigenvalue weighted by Gasteiger charge is 2.08. The van der Waals surface area contributed by atoms with Crippen LogP contribution in [0.25, 0.3) is 0 Å². The third-order valence-corrected chi connectivity index (χ3v) is 4.05. The first-order valence-electron chi connectivity index (χ1n) is 9.08. The molecule has 0 radical (unpaired) electrons. The molecule has 6 nitrogen and oxygen atoms in total. The number of aromatic nitrogens is 1. The zero-order chi connectivity index (χ0) is 20.6. The molecule has 0 saturated carbocycles. The number of benzene rings is 2. The fraction of sp³-hybridized carbons (Fsp3) is 0.136. The van der Waals surface area contributed by atoms with Gasteiger partial charge < -0.3 is 15.4 Å². The van der Waals surface area contributed by atoms with Crippen LogP contribution in [0.2, 0.25) is 0 Å².